The number of rotatable bonds is 3. The summed E-state index contributed by atoms with van der Waals surface area (Å²) in [5, 5.41) is 12.0. The summed E-state index contributed by atoms with van der Waals surface area (Å²) in [6, 6.07) is 6.28. The van der Waals surface area contributed by atoms with Crippen molar-refractivity contribution in [2.24, 2.45) is 5.92 Å². The molecule has 7 heteroatoms. The number of carbonyl (C=O) groups excluding carboxylic acids is 1. The fourth-order valence-electron chi connectivity index (χ4n) is 2.21. The van der Waals surface area contributed by atoms with Gasteiger partial charge in [-0.15, -0.1) is 11.8 Å². The maximum atomic E-state index is 12.5. The lowest BCUT2D eigenvalue weighted by atomic mass is 10.1. The molecule has 2 N–H and O–H groups in total. The van der Waals surface area contributed by atoms with E-state index in [1.165, 1.54) is 16.7 Å². The van der Waals surface area contributed by atoms with Gasteiger partial charge in [-0.25, -0.2) is 9.59 Å². The number of nitrogens with zero attached hydrogens (tertiary/aromatic N) is 1. The Bertz CT molecular complexity index is 536. The molecule has 2 atom stereocenters. The molecule has 2 amide bonds. The van der Waals surface area contributed by atoms with Crippen molar-refractivity contribution in [2.75, 3.05) is 11.1 Å². The third-order valence-electron chi connectivity index (χ3n) is 3.22. The van der Waals surface area contributed by atoms with Gasteiger partial charge >= 0.3 is 12.0 Å². The first-order chi connectivity index (χ1) is 9.90. The third kappa shape index (κ3) is 3.82. The quantitative estimate of drug-likeness (QED) is 0.737. The van der Waals surface area contributed by atoms with Gasteiger partial charge in [0.05, 0.1) is 5.37 Å². The molecule has 1 aliphatic heterocycles. The smallest absolute Gasteiger partial charge is 0.327 e. The zero-order chi connectivity index (χ0) is 15.6. The summed E-state index contributed by atoms with van der Waals surface area (Å²) in [7, 11) is 0. The summed E-state index contributed by atoms with van der Waals surface area (Å²) in [4.78, 5) is 25.3. The average Bonchev–Trinajstić information content (AvgIpc) is 2.86. The number of urea groups is 1. The van der Waals surface area contributed by atoms with Gasteiger partial charge in [-0.1, -0.05) is 13.8 Å². The van der Waals surface area contributed by atoms with Crippen LogP contribution < -0.4 is 5.32 Å². The molecular formula is C14H17IN2O3S. The number of carbonyl (C=O) groups is 2. The lowest BCUT2D eigenvalue weighted by Gasteiger charge is -2.29. The standard InChI is InChI=1S/C14H17IN2O3S/c1-8(2)12-17(11(7-21-12)13(18)19)14(20)16-10-5-3-9(15)4-6-10/h3-6,8,11-12H,7H2,1-2H3,(H,16,20)(H,18,19). The van der Waals surface area contributed by atoms with Gasteiger partial charge in [0.15, 0.2) is 0 Å². The van der Waals surface area contributed by atoms with Gasteiger partial charge in [-0.2, -0.15) is 0 Å². The second-order valence-electron chi connectivity index (χ2n) is 5.17. The molecule has 1 saturated heterocycles. The van der Waals surface area contributed by atoms with Crippen molar-refractivity contribution in [3.63, 3.8) is 0 Å². The second kappa shape index (κ2) is 6.87. The molecule has 1 aliphatic rings. The van der Waals surface area contributed by atoms with Crippen molar-refractivity contribution in [2.45, 2.75) is 25.3 Å². The SMILES string of the molecule is CC(C)C1SCC(C(=O)O)N1C(=O)Nc1ccc(I)cc1. The minimum Gasteiger partial charge on any atom is -0.480 e. The van der Waals surface area contributed by atoms with Crippen LogP contribution in [-0.2, 0) is 4.79 Å². The van der Waals surface area contributed by atoms with E-state index in [1.54, 1.807) is 0 Å². The number of benzene rings is 1. The minimum absolute atomic E-state index is 0.116. The van der Waals surface area contributed by atoms with Crippen LogP contribution in [0.1, 0.15) is 13.8 Å². The number of hydrogen-bond donors (Lipinski definition) is 2. The van der Waals surface area contributed by atoms with Crippen LogP contribution in [0.15, 0.2) is 24.3 Å². The van der Waals surface area contributed by atoms with Crippen LogP contribution in [0.25, 0.3) is 0 Å². The maximum Gasteiger partial charge on any atom is 0.327 e. The third-order valence-corrected chi connectivity index (χ3v) is 5.56. The number of halogens is 1. The number of hydrogen-bond acceptors (Lipinski definition) is 3. The van der Waals surface area contributed by atoms with Crippen LogP contribution in [-0.4, -0.2) is 39.2 Å². The Morgan fingerprint density at radius 3 is 2.52 bits per heavy atom. The van der Waals surface area contributed by atoms with Gasteiger partial charge < -0.3 is 10.4 Å². The van der Waals surface area contributed by atoms with Crippen molar-refractivity contribution in [1.82, 2.24) is 4.90 Å². The molecule has 1 aromatic carbocycles. The maximum absolute atomic E-state index is 12.5. The van der Waals surface area contributed by atoms with E-state index in [0.717, 1.165) is 3.57 Å². The number of nitrogens with one attached hydrogen (secondary N) is 1. The van der Waals surface area contributed by atoms with Crippen LogP contribution in [0.3, 0.4) is 0 Å². The molecule has 5 nitrogen and oxygen atoms in total. The predicted molar refractivity (Wildman–Crippen MR) is 92.5 cm³/mol. The Hall–Kier alpha value is -0.960. The summed E-state index contributed by atoms with van der Waals surface area (Å²) in [6.45, 7) is 3.99. The van der Waals surface area contributed by atoms with E-state index in [0.29, 0.717) is 11.4 Å². The zero-order valence-corrected chi connectivity index (χ0v) is 14.7. The highest BCUT2D eigenvalue weighted by atomic mass is 127. The van der Waals surface area contributed by atoms with Crippen molar-refractivity contribution in [3.05, 3.63) is 27.8 Å². The van der Waals surface area contributed by atoms with Gasteiger partial charge in [0.25, 0.3) is 0 Å². The first kappa shape index (κ1) is 16.4. The molecule has 0 saturated carbocycles. The predicted octanol–water partition coefficient (Wildman–Crippen LogP) is 3.31. The van der Waals surface area contributed by atoms with E-state index in [2.05, 4.69) is 27.9 Å². The highest BCUT2D eigenvalue weighted by Crippen LogP contribution is 2.34. The molecule has 0 radical (unpaired) electrons. The topological polar surface area (TPSA) is 69.6 Å². The number of carboxylic acids is 1. The summed E-state index contributed by atoms with van der Waals surface area (Å²) in [5.74, 6) is -0.330. The number of amides is 2. The zero-order valence-electron chi connectivity index (χ0n) is 11.7. The van der Waals surface area contributed by atoms with Gasteiger partial charge in [-0.3, -0.25) is 4.90 Å². The van der Waals surface area contributed by atoms with E-state index in [-0.39, 0.29) is 17.3 Å². The summed E-state index contributed by atoms with van der Waals surface area (Å²) in [5.41, 5.74) is 0.670. The number of aliphatic carboxylic acids is 1. The molecule has 1 aromatic rings. The number of anilines is 1. The number of carboxylic acid groups (broad SMARTS) is 1. The Kier molecular flexibility index (Phi) is 5.37. The Labute approximate surface area is 141 Å². The van der Waals surface area contributed by atoms with Gasteiger partial charge in [-0.05, 0) is 52.8 Å². The molecule has 2 rings (SSSR count). The highest BCUT2D eigenvalue weighted by molar-refractivity contribution is 14.1. The Morgan fingerprint density at radius 2 is 2.00 bits per heavy atom. The molecular weight excluding hydrogens is 403 g/mol. The lowest BCUT2D eigenvalue weighted by molar-refractivity contribution is -0.141. The number of thioether (sulfide) groups is 1. The summed E-state index contributed by atoms with van der Waals surface area (Å²) >= 11 is 3.71. The fourth-order valence-corrected chi connectivity index (χ4v) is 4.04. The average molecular weight is 420 g/mol. The first-order valence-electron chi connectivity index (χ1n) is 6.59. The summed E-state index contributed by atoms with van der Waals surface area (Å²) < 4.78 is 1.07. The Morgan fingerprint density at radius 1 is 1.38 bits per heavy atom. The van der Waals surface area contributed by atoms with Crippen LogP contribution in [0, 0.1) is 9.49 Å². The first-order valence-corrected chi connectivity index (χ1v) is 8.72. The van der Waals surface area contributed by atoms with E-state index >= 15 is 0 Å². The molecule has 1 heterocycles. The van der Waals surface area contributed by atoms with Crippen LogP contribution in [0.2, 0.25) is 0 Å². The van der Waals surface area contributed by atoms with Gasteiger partial charge in [0, 0.05) is 15.0 Å². The molecule has 0 spiro atoms. The lowest BCUT2D eigenvalue weighted by Crippen LogP contribution is -2.49. The molecule has 1 fully saturated rings. The van der Waals surface area contributed by atoms with E-state index in [1.807, 2.05) is 38.1 Å². The minimum atomic E-state index is -0.955. The van der Waals surface area contributed by atoms with E-state index in [4.69, 9.17) is 0 Å². The second-order valence-corrected chi connectivity index (χ2v) is 7.56. The molecule has 114 valence electrons. The van der Waals surface area contributed by atoms with Gasteiger partial charge in [0.1, 0.15) is 6.04 Å². The van der Waals surface area contributed by atoms with Crippen LogP contribution in [0.5, 0.6) is 0 Å². The van der Waals surface area contributed by atoms with Crippen molar-refractivity contribution >= 4 is 52.0 Å². The van der Waals surface area contributed by atoms with E-state index in [9.17, 15) is 14.7 Å². The molecule has 0 aliphatic carbocycles. The molecule has 2 unspecified atom stereocenters. The van der Waals surface area contributed by atoms with Crippen molar-refractivity contribution in [3.8, 4) is 0 Å². The van der Waals surface area contributed by atoms with E-state index < -0.39 is 12.0 Å². The van der Waals surface area contributed by atoms with Gasteiger partial charge in [0.2, 0.25) is 0 Å². The van der Waals surface area contributed by atoms with Crippen LogP contribution >= 0.6 is 34.4 Å². The van der Waals surface area contributed by atoms with Crippen LogP contribution in [0.4, 0.5) is 10.5 Å². The molecule has 0 aromatic heterocycles. The van der Waals surface area contributed by atoms with Crippen molar-refractivity contribution in [1.29, 1.82) is 0 Å². The summed E-state index contributed by atoms with van der Waals surface area (Å²) in [6.07, 6.45) is 0. The van der Waals surface area contributed by atoms with Crippen molar-refractivity contribution < 1.29 is 14.7 Å². The normalized spacial score (nSPS) is 21.6. The fraction of sp³-hybridized carbons (Fsp3) is 0.429. The largest absolute Gasteiger partial charge is 0.480 e. The highest BCUT2D eigenvalue weighted by Gasteiger charge is 2.42. The molecule has 0 bridgehead atoms. The molecule has 21 heavy (non-hydrogen) atoms. The Balaban J connectivity index is 2.16. The monoisotopic (exact) mass is 420 g/mol.